The molecule has 0 atom stereocenters. The Labute approximate surface area is 119 Å². The average Bonchev–Trinajstić information content (AvgIpc) is 2.74. The van der Waals surface area contributed by atoms with E-state index in [9.17, 15) is 14.7 Å². The number of carboxylic acid groups (broad SMARTS) is 1. The monoisotopic (exact) mass is 282 g/mol. The molecule has 0 aliphatic heterocycles. The number of carbonyl (C=O) groups is 2. The van der Waals surface area contributed by atoms with Crippen LogP contribution in [0.4, 0.5) is 4.79 Å². The van der Waals surface area contributed by atoms with Crippen LogP contribution in [-0.4, -0.2) is 46.0 Å². The molecule has 0 aromatic carbocycles. The summed E-state index contributed by atoms with van der Waals surface area (Å²) in [5.41, 5.74) is -1.25. The highest BCUT2D eigenvalue weighted by molar-refractivity contribution is 5.85. The van der Waals surface area contributed by atoms with Crippen molar-refractivity contribution in [1.82, 2.24) is 9.80 Å². The summed E-state index contributed by atoms with van der Waals surface area (Å²) in [6.07, 6.45) is 0. The van der Waals surface area contributed by atoms with Crippen molar-refractivity contribution in [3.63, 3.8) is 0 Å². The van der Waals surface area contributed by atoms with Gasteiger partial charge in [-0.25, -0.2) is 9.59 Å². The van der Waals surface area contributed by atoms with E-state index in [0.29, 0.717) is 18.8 Å². The van der Waals surface area contributed by atoms with Gasteiger partial charge < -0.3 is 19.3 Å². The van der Waals surface area contributed by atoms with E-state index >= 15 is 0 Å². The standard InChI is InChI=1S/C14H22N2O4/c1-6-16(14(3,4)12(17)18)13(19)15(5)9-11-8-7-10(2)20-11/h7-8H,6,9H2,1-5H3,(H,17,18). The molecule has 0 saturated carbocycles. The van der Waals surface area contributed by atoms with Crippen molar-refractivity contribution in [2.24, 2.45) is 0 Å². The Balaban J connectivity index is 2.83. The van der Waals surface area contributed by atoms with Gasteiger partial charge in [0.1, 0.15) is 17.1 Å². The fraction of sp³-hybridized carbons (Fsp3) is 0.571. The third kappa shape index (κ3) is 3.31. The van der Waals surface area contributed by atoms with Crippen LogP contribution in [0.25, 0.3) is 0 Å². The number of carbonyl (C=O) groups excluding carboxylic acids is 1. The van der Waals surface area contributed by atoms with Crippen molar-refractivity contribution in [3.8, 4) is 0 Å². The van der Waals surface area contributed by atoms with Gasteiger partial charge in [0.15, 0.2) is 0 Å². The largest absolute Gasteiger partial charge is 0.480 e. The van der Waals surface area contributed by atoms with E-state index in [1.165, 1.54) is 23.6 Å². The number of nitrogens with zero attached hydrogens (tertiary/aromatic N) is 2. The number of amides is 2. The molecule has 0 radical (unpaired) electrons. The van der Waals surface area contributed by atoms with E-state index in [-0.39, 0.29) is 6.03 Å². The zero-order chi connectivity index (χ0) is 15.5. The predicted octanol–water partition coefficient (Wildman–Crippen LogP) is 2.32. The van der Waals surface area contributed by atoms with Crippen molar-refractivity contribution >= 4 is 12.0 Å². The fourth-order valence-electron chi connectivity index (χ4n) is 1.96. The first kappa shape index (κ1) is 16.1. The lowest BCUT2D eigenvalue weighted by Gasteiger charge is -2.36. The number of rotatable bonds is 5. The molecular formula is C14H22N2O4. The molecule has 0 bridgehead atoms. The maximum Gasteiger partial charge on any atom is 0.329 e. The number of aryl methyl sites for hydroxylation is 1. The minimum absolute atomic E-state index is 0.304. The lowest BCUT2D eigenvalue weighted by Crippen LogP contribution is -2.56. The van der Waals surface area contributed by atoms with Crippen molar-refractivity contribution < 1.29 is 19.1 Å². The van der Waals surface area contributed by atoms with Crippen molar-refractivity contribution in [2.45, 2.75) is 39.8 Å². The molecule has 112 valence electrons. The number of furan rings is 1. The van der Waals surface area contributed by atoms with Crippen LogP contribution in [0.2, 0.25) is 0 Å². The Bertz CT molecular complexity index is 493. The third-order valence-corrected chi connectivity index (χ3v) is 3.26. The quantitative estimate of drug-likeness (QED) is 0.899. The van der Waals surface area contributed by atoms with Crippen LogP contribution in [0.15, 0.2) is 16.5 Å². The maximum atomic E-state index is 12.4. The van der Waals surface area contributed by atoms with Crippen LogP contribution >= 0.6 is 0 Å². The molecule has 6 nitrogen and oxygen atoms in total. The normalized spacial score (nSPS) is 11.2. The van der Waals surface area contributed by atoms with Crippen LogP contribution < -0.4 is 0 Å². The van der Waals surface area contributed by atoms with Gasteiger partial charge in [-0.3, -0.25) is 0 Å². The van der Waals surface area contributed by atoms with Crippen LogP contribution in [-0.2, 0) is 11.3 Å². The summed E-state index contributed by atoms with van der Waals surface area (Å²) in [6, 6.07) is 3.29. The zero-order valence-corrected chi connectivity index (χ0v) is 12.6. The molecule has 1 heterocycles. The summed E-state index contributed by atoms with van der Waals surface area (Å²) in [5.74, 6) is 0.413. The van der Waals surface area contributed by atoms with E-state index in [1.807, 2.05) is 13.0 Å². The van der Waals surface area contributed by atoms with Crippen LogP contribution in [0.5, 0.6) is 0 Å². The first-order valence-electron chi connectivity index (χ1n) is 6.51. The van der Waals surface area contributed by atoms with E-state index in [2.05, 4.69) is 0 Å². The number of carboxylic acids is 1. The molecule has 1 aromatic rings. The fourth-order valence-corrected chi connectivity index (χ4v) is 1.96. The summed E-state index contributed by atoms with van der Waals surface area (Å²) in [7, 11) is 1.63. The minimum Gasteiger partial charge on any atom is -0.480 e. The summed E-state index contributed by atoms with van der Waals surface area (Å²) < 4.78 is 5.42. The lowest BCUT2D eigenvalue weighted by atomic mass is 10.0. The smallest absolute Gasteiger partial charge is 0.329 e. The van der Waals surface area contributed by atoms with Gasteiger partial charge in [-0.05, 0) is 39.8 Å². The third-order valence-electron chi connectivity index (χ3n) is 3.26. The SMILES string of the molecule is CCN(C(=O)N(C)Cc1ccc(C)o1)C(C)(C)C(=O)O. The summed E-state index contributed by atoms with van der Waals surface area (Å²) in [4.78, 5) is 26.4. The molecule has 0 aliphatic carbocycles. The number of hydrogen-bond acceptors (Lipinski definition) is 3. The first-order chi connectivity index (χ1) is 9.20. The molecule has 2 amide bonds. The average molecular weight is 282 g/mol. The van der Waals surface area contributed by atoms with Crippen molar-refractivity contribution in [2.75, 3.05) is 13.6 Å². The molecule has 0 spiro atoms. The number of hydrogen-bond donors (Lipinski definition) is 1. The van der Waals surface area contributed by atoms with Crippen LogP contribution in [0, 0.1) is 6.92 Å². The highest BCUT2D eigenvalue weighted by atomic mass is 16.4. The van der Waals surface area contributed by atoms with Gasteiger partial charge in [0, 0.05) is 13.6 Å². The summed E-state index contributed by atoms with van der Waals surface area (Å²) in [6.45, 7) is 7.24. The summed E-state index contributed by atoms with van der Waals surface area (Å²) >= 11 is 0. The second-order valence-electron chi connectivity index (χ2n) is 5.26. The molecule has 1 rings (SSSR count). The number of aliphatic carboxylic acids is 1. The Morgan fingerprint density at radius 3 is 2.35 bits per heavy atom. The minimum atomic E-state index is -1.25. The molecule has 0 unspecified atom stereocenters. The van der Waals surface area contributed by atoms with E-state index < -0.39 is 11.5 Å². The topological polar surface area (TPSA) is 74.0 Å². The molecule has 0 saturated heterocycles. The number of likely N-dealkylation sites (N-methyl/N-ethyl adjacent to an activating group) is 1. The molecule has 0 aliphatic rings. The highest BCUT2D eigenvalue weighted by Crippen LogP contribution is 2.18. The molecule has 6 heteroatoms. The molecule has 1 N–H and O–H groups in total. The second kappa shape index (κ2) is 5.98. The zero-order valence-electron chi connectivity index (χ0n) is 12.6. The van der Waals surface area contributed by atoms with E-state index in [0.717, 1.165) is 5.76 Å². The highest BCUT2D eigenvalue weighted by Gasteiger charge is 2.38. The lowest BCUT2D eigenvalue weighted by molar-refractivity contribution is -0.147. The van der Waals surface area contributed by atoms with Crippen LogP contribution in [0.1, 0.15) is 32.3 Å². The van der Waals surface area contributed by atoms with Gasteiger partial charge in [-0.2, -0.15) is 0 Å². The van der Waals surface area contributed by atoms with Gasteiger partial charge in [0.2, 0.25) is 0 Å². The van der Waals surface area contributed by atoms with Gasteiger partial charge in [0.05, 0.1) is 6.54 Å². The Morgan fingerprint density at radius 2 is 1.95 bits per heavy atom. The van der Waals surface area contributed by atoms with Crippen molar-refractivity contribution in [1.29, 1.82) is 0 Å². The molecule has 1 aromatic heterocycles. The molecule has 20 heavy (non-hydrogen) atoms. The number of urea groups is 1. The first-order valence-corrected chi connectivity index (χ1v) is 6.51. The van der Waals surface area contributed by atoms with E-state index in [1.54, 1.807) is 20.0 Å². The van der Waals surface area contributed by atoms with Gasteiger partial charge in [-0.1, -0.05) is 0 Å². The van der Waals surface area contributed by atoms with Crippen molar-refractivity contribution in [3.05, 3.63) is 23.7 Å². The molecular weight excluding hydrogens is 260 g/mol. The van der Waals surface area contributed by atoms with Crippen LogP contribution in [0.3, 0.4) is 0 Å². The Morgan fingerprint density at radius 1 is 1.35 bits per heavy atom. The Kier molecular flexibility index (Phi) is 4.81. The van der Waals surface area contributed by atoms with Gasteiger partial charge >= 0.3 is 12.0 Å². The van der Waals surface area contributed by atoms with Gasteiger partial charge in [0.25, 0.3) is 0 Å². The van der Waals surface area contributed by atoms with Gasteiger partial charge in [-0.15, -0.1) is 0 Å². The summed E-state index contributed by atoms with van der Waals surface area (Å²) in [5, 5.41) is 9.24. The Hall–Kier alpha value is -1.98. The molecule has 0 fully saturated rings. The second-order valence-corrected chi connectivity index (χ2v) is 5.26. The van der Waals surface area contributed by atoms with E-state index in [4.69, 9.17) is 4.42 Å². The predicted molar refractivity (Wildman–Crippen MR) is 74.4 cm³/mol. The maximum absolute atomic E-state index is 12.4.